The van der Waals surface area contributed by atoms with Crippen molar-refractivity contribution in [3.63, 3.8) is 0 Å². The molecule has 3 N–H and O–H groups in total. The zero-order valence-electron chi connectivity index (χ0n) is 13.5. The van der Waals surface area contributed by atoms with Gasteiger partial charge in [0.1, 0.15) is 0 Å². The summed E-state index contributed by atoms with van der Waals surface area (Å²) in [4.78, 5) is 0. The fourth-order valence-electron chi connectivity index (χ4n) is 4.39. The molecule has 2 aliphatic rings. The van der Waals surface area contributed by atoms with Gasteiger partial charge in [-0.25, -0.2) is 0 Å². The molecule has 1 aliphatic carbocycles. The fourth-order valence-corrected chi connectivity index (χ4v) is 4.39. The molecule has 0 amide bonds. The van der Waals surface area contributed by atoms with Crippen LogP contribution in [-0.4, -0.2) is 30.0 Å². The summed E-state index contributed by atoms with van der Waals surface area (Å²) < 4.78 is 5.76. The topological polar surface area (TPSA) is 55.5 Å². The quantitative estimate of drug-likeness (QED) is 0.833. The first-order valence-corrected chi connectivity index (χ1v) is 8.50. The summed E-state index contributed by atoms with van der Waals surface area (Å²) in [5.74, 6) is 1.55. The Morgan fingerprint density at radius 2 is 1.90 bits per heavy atom. The highest BCUT2D eigenvalue weighted by atomic mass is 16.5. The van der Waals surface area contributed by atoms with Gasteiger partial charge < -0.3 is 15.6 Å². The number of aliphatic hydroxyl groups is 1. The van der Waals surface area contributed by atoms with Gasteiger partial charge in [-0.15, -0.1) is 0 Å². The van der Waals surface area contributed by atoms with Crippen LogP contribution in [0.4, 0.5) is 0 Å². The summed E-state index contributed by atoms with van der Waals surface area (Å²) in [7, 11) is 0. The molecule has 0 radical (unpaired) electrons. The molecule has 1 saturated heterocycles. The van der Waals surface area contributed by atoms with Crippen LogP contribution in [-0.2, 0) is 4.74 Å². The van der Waals surface area contributed by atoms with Gasteiger partial charge in [-0.3, -0.25) is 0 Å². The van der Waals surface area contributed by atoms with Crippen LogP contribution in [0.5, 0.6) is 0 Å². The highest BCUT2D eigenvalue weighted by molar-refractivity contribution is 5.04. The zero-order chi connectivity index (χ0) is 14.8. The van der Waals surface area contributed by atoms with E-state index in [0.29, 0.717) is 13.2 Å². The van der Waals surface area contributed by atoms with Crippen molar-refractivity contribution in [2.24, 2.45) is 23.0 Å². The van der Waals surface area contributed by atoms with Gasteiger partial charge in [0.25, 0.3) is 0 Å². The van der Waals surface area contributed by atoms with Gasteiger partial charge in [-0.2, -0.15) is 0 Å². The molecule has 2 rings (SSSR count). The predicted molar refractivity (Wildman–Crippen MR) is 82.5 cm³/mol. The first-order chi connectivity index (χ1) is 9.46. The van der Waals surface area contributed by atoms with Crippen LogP contribution in [0.1, 0.15) is 65.7 Å². The Hall–Kier alpha value is -0.120. The fraction of sp³-hybridized carbons (Fsp3) is 1.00. The minimum absolute atomic E-state index is 0.0738. The number of ether oxygens (including phenoxy) is 1. The molecule has 1 heterocycles. The van der Waals surface area contributed by atoms with E-state index in [1.165, 1.54) is 12.8 Å². The number of hydrogen-bond acceptors (Lipinski definition) is 3. The first kappa shape index (κ1) is 16.3. The molecular formula is C17H33NO2. The Kier molecular flexibility index (Phi) is 5.14. The van der Waals surface area contributed by atoms with Crippen molar-refractivity contribution < 1.29 is 9.84 Å². The molecule has 0 spiro atoms. The van der Waals surface area contributed by atoms with Crippen LogP contribution in [0.25, 0.3) is 0 Å². The van der Waals surface area contributed by atoms with E-state index in [0.717, 1.165) is 43.9 Å². The Balaban J connectivity index is 2.11. The summed E-state index contributed by atoms with van der Waals surface area (Å²) in [6.45, 7) is 8.07. The molecule has 0 bridgehead atoms. The van der Waals surface area contributed by atoms with Gasteiger partial charge >= 0.3 is 0 Å². The average Bonchev–Trinajstić information content (AvgIpc) is 2.47. The lowest BCUT2D eigenvalue weighted by molar-refractivity contribution is -0.179. The highest BCUT2D eigenvalue weighted by Gasteiger charge is 2.52. The standard InChI is InChI=1S/C17H33NO2/c1-4-15-11-17(19,9-10-20-15)16(12-18)7-5-14(6-8-16)13(2)3/h13-15,19H,4-12,18H2,1-3H3. The molecule has 1 aliphatic heterocycles. The largest absolute Gasteiger partial charge is 0.389 e. The smallest absolute Gasteiger partial charge is 0.0762 e. The van der Waals surface area contributed by atoms with Crippen LogP contribution < -0.4 is 5.73 Å². The molecular weight excluding hydrogens is 250 g/mol. The molecule has 0 aromatic heterocycles. The third-order valence-electron chi connectivity index (χ3n) is 6.20. The maximum Gasteiger partial charge on any atom is 0.0762 e. The van der Waals surface area contributed by atoms with Crippen molar-refractivity contribution in [1.82, 2.24) is 0 Å². The number of nitrogens with two attached hydrogens (primary N) is 1. The lowest BCUT2D eigenvalue weighted by Crippen LogP contribution is -2.58. The van der Waals surface area contributed by atoms with Crippen molar-refractivity contribution in [2.45, 2.75) is 77.4 Å². The Morgan fingerprint density at radius 3 is 2.40 bits per heavy atom. The molecule has 20 heavy (non-hydrogen) atoms. The summed E-state index contributed by atoms with van der Waals surface area (Å²) >= 11 is 0. The monoisotopic (exact) mass is 283 g/mol. The van der Waals surface area contributed by atoms with E-state index in [4.69, 9.17) is 10.5 Å². The van der Waals surface area contributed by atoms with Crippen LogP contribution >= 0.6 is 0 Å². The van der Waals surface area contributed by atoms with Crippen molar-refractivity contribution in [1.29, 1.82) is 0 Å². The second-order valence-corrected chi connectivity index (χ2v) is 7.45. The minimum Gasteiger partial charge on any atom is -0.389 e. The SMILES string of the molecule is CCC1CC(O)(C2(CN)CCC(C(C)C)CC2)CCO1. The Labute approximate surface area is 124 Å². The van der Waals surface area contributed by atoms with Crippen LogP contribution in [0.3, 0.4) is 0 Å². The molecule has 2 fully saturated rings. The highest BCUT2D eigenvalue weighted by Crippen LogP contribution is 2.51. The van der Waals surface area contributed by atoms with Crippen molar-refractivity contribution >= 4 is 0 Å². The minimum atomic E-state index is -0.609. The van der Waals surface area contributed by atoms with Gasteiger partial charge in [-0.05, 0) is 43.9 Å². The molecule has 0 aromatic carbocycles. The third kappa shape index (κ3) is 2.90. The van der Waals surface area contributed by atoms with Crippen molar-refractivity contribution in [3.8, 4) is 0 Å². The maximum atomic E-state index is 11.3. The van der Waals surface area contributed by atoms with Crippen LogP contribution in [0.2, 0.25) is 0 Å². The van der Waals surface area contributed by atoms with E-state index in [9.17, 15) is 5.11 Å². The Bertz CT molecular complexity index is 310. The normalized spacial score (nSPS) is 42.9. The maximum absolute atomic E-state index is 11.3. The number of rotatable bonds is 4. The molecule has 3 nitrogen and oxygen atoms in total. The van der Waals surface area contributed by atoms with E-state index in [-0.39, 0.29) is 11.5 Å². The molecule has 1 saturated carbocycles. The van der Waals surface area contributed by atoms with Gasteiger partial charge in [0.2, 0.25) is 0 Å². The van der Waals surface area contributed by atoms with E-state index in [1.807, 2.05) is 0 Å². The third-order valence-corrected chi connectivity index (χ3v) is 6.20. The number of hydrogen-bond donors (Lipinski definition) is 2. The Morgan fingerprint density at radius 1 is 1.25 bits per heavy atom. The first-order valence-electron chi connectivity index (χ1n) is 8.50. The lowest BCUT2D eigenvalue weighted by Gasteiger charge is -2.53. The van der Waals surface area contributed by atoms with Crippen LogP contribution in [0.15, 0.2) is 0 Å². The molecule has 0 aromatic rings. The van der Waals surface area contributed by atoms with Crippen LogP contribution in [0, 0.1) is 17.3 Å². The molecule has 2 unspecified atom stereocenters. The van der Waals surface area contributed by atoms with Gasteiger partial charge in [0.15, 0.2) is 0 Å². The van der Waals surface area contributed by atoms with Crippen molar-refractivity contribution in [2.75, 3.05) is 13.2 Å². The average molecular weight is 283 g/mol. The van der Waals surface area contributed by atoms with E-state index in [1.54, 1.807) is 0 Å². The molecule has 3 heteroatoms. The van der Waals surface area contributed by atoms with Crippen molar-refractivity contribution in [3.05, 3.63) is 0 Å². The summed E-state index contributed by atoms with van der Waals surface area (Å²) in [6.07, 6.45) is 7.32. The van der Waals surface area contributed by atoms with E-state index in [2.05, 4.69) is 20.8 Å². The summed E-state index contributed by atoms with van der Waals surface area (Å²) in [5.41, 5.74) is 5.48. The van der Waals surface area contributed by atoms with Gasteiger partial charge in [-0.1, -0.05) is 20.8 Å². The van der Waals surface area contributed by atoms with E-state index >= 15 is 0 Å². The summed E-state index contributed by atoms with van der Waals surface area (Å²) in [6, 6.07) is 0. The zero-order valence-corrected chi connectivity index (χ0v) is 13.5. The predicted octanol–water partition coefficient (Wildman–Crippen LogP) is 3.10. The van der Waals surface area contributed by atoms with E-state index < -0.39 is 5.60 Å². The van der Waals surface area contributed by atoms with Gasteiger partial charge in [0.05, 0.1) is 11.7 Å². The second kappa shape index (κ2) is 6.33. The van der Waals surface area contributed by atoms with Gasteiger partial charge in [0, 0.05) is 31.4 Å². The lowest BCUT2D eigenvalue weighted by atomic mass is 9.57. The molecule has 118 valence electrons. The summed E-state index contributed by atoms with van der Waals surface area (Å²) in [5, 5.41) is 11.3. The molecule has 2 atom stereocenters. The second-order valence-electron chi connectivity index (χ2n) is 7.45.